The zero-order valence-electron chi connectivity index (χ0n) is 11.0. The number of carbonyl (C=O) groups excluding carboxylic acids is 1. The number of carbonyl (C=O) groups is 2. The smallest absolute Gasteiger partial charge is 0.334 e. The van der Waals surface area contributed by atoms with Crippen molar-refractivity contribution in [3.63, 3.8) is 0 Å². The molecule has 1 fully saturated rings. The van der Waals surface area contributed by atoms with Crippen LogP contribution in [0, 0.1) is 13.8 Å². The maximum absolute atomic E-state index is 12.3. The van der Waals surface area contributed by atoms with Crippen molar-refractivity contribution in [3.05, 3.63) is 34.9 Å². The molecule has 1 atom stereocenters. The van der Waals surface area contributed by atoms with Gasteiger partial charge in [-0.1, -0.05) is 17.2 Å². The van der Waals surface area contributed by atoms with Crippen LogP contribution in [0.3, 0.4) is 0 Å². The Morgan fingerprint density at radius 3 is 2.47 bits per heavy atom. The van der Waals surface area contributed by atoms with Gasteiger partial charge in [0, 0.05) is 12.1 Å². The zero-order chi connectivity index (χ0) is 14.0. The highest BCUT2D eigenvalue weighted by atomic mass is 16.5. The first-order valence-corrected chi connectivity index (χ1v) is 6.19. The summed E-state index contributed by atoms with van der Waals surface area (Å²) in [4.78, 5) is 24.8. The summed E-state index contributed by atoms with van der Waals surface area (Å²) >= 11 is 0. The Labute approximate surface area is 111 Å². The van der Waals surface area contributed by atoms with Crippen LogP contribution in [0.15, 0.2) is 18.2 Å². The van der Waals surface area contributed by atoms with Gasteiger partial charge in [0.25, 0.3) is 5.91 Å². The van der Waals surface area contributed by atoms with Crippen LogP contribution in [-0.2, 0) is 9.53 Å². The highest BCUT2D eigenvalue weighted by Crippen LogP contribution is 2.14. The number of aliphatic carboxylic acids is 1. The third kappa shape index (κ3) is 3.12. The Kier molecular flexibility index (Phi) is 3.85. The molecule has 1 aliphatic rings. The number of benzene rings is 1. The van der Waals surface area contributed by atoms with Gasteiger partial charge in [-0.25, -0.2) is 4.79 Å². The summed E-state index contributed by atoms with van der Waals surface area (Å²) in [6.07, 6.45) is -0.927. The number of rotatable bonds is 2. The number of carboxylic acid groups (broad SMARTS) is 1. The lowest BCUT2D eigenvalue weighted by Crippen LogP contribution is -2.48. The van der Waals surface area contributed by atoms with E-state index in [9.17, 15) is 9.59 Å². The molecule has 5 nitrogen and oxygen atoms in total. The molecular formula is C14H17NO4. The van der Waals surface area contributed by atoms with E-state index in [1.165, 1.54) is 4.90 Å². The van der Waals surface area contributed by atoms with Crippen LogP contribution in [0.1, 0.15) is 21.5 Å². The first-order chi connectivity index (χ1) is 8.97. The van der Waals surface area contributed by atoms with Crippen molar-refractivity contribution >= 4 is 11.9 Å². The standard InChI is InChI=1S/C14H17NO4/c1-9-5-10(2)7-11(6-9)13(16)15-3-4-19-12(8-15)14(17)18/h5-7,12H,3-4,8H2,1-2H3,(H,17,18)/t12-/m0/s1. The molecular weight excluding hydrogens is 246 g/mol. The highest BCUT2D eigenvalue weighted by molar-refractivity contribution is 5.95. The molecule has 1 N–H and O–H groups in total. The second kappa shape index (κ2) is 5.40. The number of amides is 1. The summed E-state index contributed by atoms with van der Waals surface area (Å²) in [6.45, 7) is 4.65. The van der Waals surface area contributed by atoms with Crippen molar-refractivity contribution in [2.24, 2.45) is 0 Å². The fourth-order valence-corrected chi connectivity index (χ4v) is 2.26. The van der Waals surface area contributed by atoms with Gasteiger partial charge in [-0.3, -0.25) is 4.79 Å². The number of morpholine rings is 1. The monoisotopic (exact) mass is 263 g/mol. The number of aryl methyl sites for hydroxylation is 2. The molecule has 2 rings (SSSR count). The Morgan fingerprint density at radius 2 is 1.89 bits per heavy atom. The largest absolute Gasteiger partial charge is 0.479 e. The van der Waals surface area contributed by atoms with Gasteiger partial charge in [-0.2, -0.15) is 0 Å². The first-order valence-electron chi connectivity index (χ1n) is 6.19. The summed E-state index contributed by atoms with van der Waals surface area (Å²) in [7, 11) is 0. The fraction of sp³-hybridized carbons (Fsp3) is 0.429. The molecule has 0 bridgehead atoms. The normalized spacial score (nSPS) is 19.3. The molecule has 1 amide bonds. The van der Waals surface area contributed by atoms with Crippen molar-refractivity contribution in [3.8, 4) is 0 Å². The van der Waals surface area contributed by atoms with Gasteiger partial charge in [-0.05, 0) is 26.0 Å². The molecule has 0 unspecified atom stereocenters. The van der Waals surface area contributed by atoms with E-state index < -0.39 is 12.1 Å². The quantitative estimate of drug-likeness (QED) is 0.871. The molecule has 1 aromatic rings. The van der Waals surface area contributed by atoms with E-state index in [0.717, 1.165) is 11.1 Å². The SMILES string of the molecule is Cc1cc(C)cc(C(=O)N2CCO[C@H](C(=O)O)C2)c1. The maximum Gasteiger partial charge on any atom is 0.334 e. The van der Waals surface area contributed by atoms with Crippen molar-refractivity contribution in [1.29, 1.82) is 0 Å². The Balaban J connectivity index is 2.16. The summed E-state index contributed by atoms with van der Waals surface area (Å²) in [6, 6.07) is 5.64. The Hall–Kier alpha value is -1.88. The molecule has 0 aliphatic carbocycles. The Morgan fingerprint density at radius 1 is 1.26 bits per heavy atom. The number of carboxylic acids is 1. The third-order valence-electron chi connectivity index (χ3n) is 3.10. The topological polar surface area (TPSA) is 66.8 Å². The van der Waals surface area contributed by atoms with Crippen molar-refractivity contribution in [2.75, 3.05) is 19.7 Å². The number of ether oxygens (including phenoxy) is 1. The van der Waals surface area contributed by atoms with Crippen LogP contribution >= 0.6 is 0 Å². The van der Waals surface area contributed by atoms with Crippen molar-refractivity contribution < 1.29 is 19.4 Å². The molecule has 19 heavy (non-hydrogen) atoms. The van der Waals surface area contributed by atoms with E-state index in [-0.39, 0.29) is 19.1 Å². The van der Waals surface area contributed by atoms with Gasteiger partial charge < -0.3 is 14.7 Å². The molecule has 102 valence electrons. The minimum Gasteiger partial charge on any atom is -0.479 e. The molecule has 1 saturated heterocycles. The molecule has 0 saturated carbocycles. The van der Waals surface area contributed by atoms with Crippen LogP contribution in [-0.4, -0.2) is 47.7 Å². The minimum atomic E-state index is -1.03. The van der Waals surface area contributed by atoms with E-state index in [0.29, 0.717) is 12.1 Å². The average molecular weight is 263 g/mol. The lowest BCUT2D eigenvalue weighted by molar-refractivity contribution is -0.154. The maximum atomic E-state index is 12.3. The molecule has 1 heterocycles. The molecule has 1 aromatic carbocycles. The van der Waals surface area contributed by atoms with Gasteiger partial charge >= 0.3 is 5.97 Å². The Bertz CT molecular complexity index is 492. The van der Waals surface area contributed by atoms with Gasteiger partial charge in [0.1, 0.15) is 0 Å². The summed E-state index contributed by atoms with van der Waals surface area (Å²) in [5.41, 5.74) is 2.64. The lowest BCUT2D eigenvalue weighted by Gasteiger charge is -2.31. The number of hydrogen-bond acceptors (Lipinski definition) is 3. The van der Waals surface area contributed by atoms with Crippen LogP contribution in [0.5, 0.6) is 0 Å². The van der Waals surface area contributed by atoms with Crippen molar-refractivity contribution in [2.45, 2.75) is 20.0 Å². The van der Waals surface area contributed by atoms with Crippen molar-refractivity contribution in [1.82, 2.24) is 4.90 Å². The molecule has 0 radical (unpaired) electrons. The molecule has 0 spiro atoms. The van der Waals surface area contributed by atoms with E-state index in [4.69, 9.17) is 9.84 Å². The van der Waals surface area contributed by atoms with Gasteiger partial charge in [0.15, 0.2) is 6.10 Å². The van der Waals surface area contributed by atoms with Crippen LogP contribution < -0.4 is 0 Å². The summed E-state index contributed by atoms with van der Waals surface area (Å²) < 4.78 is 5.11. The van der Waals surface area contributed by atoms with E-state index in [1.807, 2.05) is 32.0 Å². The summed E-state index contributed by atoms with van der Waals surface area (Å²) in [5.74, 6) is -1.17. The minimum absolute atomic E-state index is 0.0984. The molecule has 5 heteroatoms. The zero-order valence-corrected chi connectivity index (χ0v) is 11.0. The predicted octanol–water partition coefficient (Wildman–Crippen LogP) is 1.23. The number of hydrogen-bond donors (Lipinski definition) is 1. The van der Waals surface area contributed by atoms with Gasteiger partial charge in [0.05, 0.1) is 13.2 Å². The van der Waals surface area contributed by atoms with E-state index in [1.54, 1.807) is 0 Å². The first kappa shape index (κ1) is 13.5. The van der Waals surface area contributed by atoms with Gasteiger partial charge in [0.2, 0.25) is 0 Å². The predicted molar refractivity (Wildman–Crippen MR) is 69.2 cm³/mol. The van der Waals surface area contributed by atoms with E-state index in [2.05, 4.69) is 0 Å². The fourth-order valence-electron chi connectivity index (χ4n) is 2.26. The average Bonchev–Trinajstić information content (AvgIpc) is 2.37. The molecule has 0 aromatic heterocycles. The molecule has 1 aliphatic heterocycles. The third-order valence-corrected chi connectivity index (χ3v) is 3.10. The van der Waals surface area contributed by atoms with Gasteiger partial charge in [-0.15, -0.1) is 0 Å². The number of nitrogens with zero attached hydrogens (tertiary/aromatic N) is 1. The van der Waals surface area contributed by atoms with E-state index >= 15 is 0 Å². The highest BCUT2D eigenvalue weighted by Gasteiger charge is 2.29. The van der Waals surface area contributed by atoms with Crippen LogP contribution in [0.25, 0.3) is 0 Å². The lowest BCUT2D eigenvalue weighted by atomic mass is 10.1. The van der Waals surface area contributed by atoms with Crippen LogP contribution in [0.4, 0.5) is 0 Å². The summed E-state index contributed by atoms with van der Waals surface area (Å²) in [5, 5.41) is 8.93. The van der Waals surface area contributed by atoms with Crippen LogP contribution in [0.2, 0.25) is 0 Å². The second-order valence-corrected chi connectivity index (χ2v) is 4.83. The second-order valence-electron chi connectivity index (χ2n) is 4.83.